The lowest BCUT2D eigenvalue weighted by Crippen LogP contribution is -2.25. The van der Waals surface area contributed by atoms with Crippen LogP contribution < -0.4 is 5.32 Å². The van der Waals surface area contributed by atoms with Crippen molar-refractivity contribution in [3.63, 3.8) is 0 Å². The van der Waals surface area contributed by atoms with Gasteiger partial charge in [0.1, 0.15) is 0 Å². The van der Waals surface area contributed by atoms with E-state index in [2.05, 4.69) is 48.4 Å². The number of hydrogen-bond donors (Lipinski definition) is 1. The molecule has 1 aliphatic heterocycles. The van der Waals surface area contributed by atoms with Crippen molar-refractivity contribution in [2.24, 2.45) is 10.2 Å². The van der Waals surface area contributed by atoms with Gasteiger partial charge < -0.3 is 5.32 Å². The number of nitrogens with zero attached hydrogens (tertiary/aromatic N) is 2. The summed E-state index contributed by atoms with van der Waals surface area (Å²) >= 11 is 1.43. The van der Waals surface area contributed by atoms with E-state index in [9.17, 15) is 4.79 Å². The molecule has 0 aromatic heterocycles. The van der Waals surface area contributed by atoms with Crippen molar-refractivity contribution in [3.8, 4) is 0 Å². The number of amidine groups is 1. The van der Waals surface area contributed by atoms with Crippen molar-refractivity contribution in [1.29, 1.82) is 0 Å². The average Bonchev–Trinajstić information content (AvgIpc) is 2.95. The van der Waals surface area contributed by atoms with Crippen molar-refractivity contribution < 1.29 is 4.79 Å². The molecule has 1 saturated heterocycles. The molecule has 1 unspecified atom stereocenters. The lowest BCUT2D eigenvalue weighted by molar-refractivity contribution is -0.118. The zero-order chi connectivity index (χ0) is 18.6. The Morgan fingerprint density at radius 1 is 1.08 bits per heavy atom. The Morgan fingerprint density at radius 2 is 1.77 bits per heavy atom. The number of amides is 1. The fourth-order valence-corrected chi connectivity index (χ4v) is 3.60. The van der Waals surface area contributed by atoms with Crippen LogP contribution >= 0.6 is 11.8 Å². The van der Waals surface area contributed by atoms with Gasteiger partial charge in [0.2, 0.25) is 5.91 Å². The number of benzene rings is 2. The predicted octanol–water partition coefficient (Wildman–Crippen LogP) is 4.15. The third kappa shape index (κ3) is 4.82. The quantitative estimate of drug-likeness (QED) is 0.654. The molecule has 5 heteroatoms. The first-order valence-corrected chi connectivity index (χ1v) is 9.53. The van der Waals surface area contributed by atoms with Gasteiger partial charge >= 0.3 is 0 Å². The van der Waals surface area contributed by atoms with E-state index >= 15 is 0 Å². The number of rotatable bonds is 4. The molecule has 0 aliphatic carbocycles. The molecule has 2 aromatic carbocycles. The van der Waals surface area contributed by atoms with Crippen LogP contribution in [-0.4, -0.2) is 22.5 Å². The van der Waals surface area contributed by atoms with Crippen LogP contribution in [0, 0.1) is 0 Å². The van der Waals surface area contributed by atoms with E-state index in [1.807, 2.05) is 42.5 Å². The highest BCUT2D eigenvalue weighted by Crippen LogP contribution is 2.24. The maximum absolute atomic E-state index is 12.1. The monoisotopic (exact) mass is 365 g/mol. The fraction of sp³-hybridized carbons (Fsp3) is 0.286. The summed E-state index contributed by atoms with van der Waals surface area (Å²) in [6.07, 6.45) is 2.39. The highest BCUT2D eigenvalue weighted by atomic mass is 32.2. The van der Waals surface area contributed by atoms with Gasteiger partial charge in [-0.05, 0) is 28.5 Å². The molecule has 1 atom stereocenters. The Bertz CT molecular complexity index is 821. The van der Waals surface area contributed by atoms with Gasteiger partial charge in [-0.1, -0.05) is 87.1 Å². The minimum atomic E-state index is -0.155. The molecule has 1 amide bonds. The van der Waals surface area contributed by atoms with Gasteiger partial charge in [-0.3, -0.25) is 4.79 Å². The smallest absolute Gasteiger partial charge is 0.239 e. The van der Waals surface area contributed by atoms with E-state index in [4.69, 9.17) is 0 Å². The molecule has 1 N–H and O–H groups in total. The number of nitrogens with one attached hydrogen (secondary N) is 1. The Balaban J connectivity index is 1.60. The van der Waals surface area contributed by atoms with Crippen LogP contribution in [0.15, 0.2) is 64.8 Å². The molecule has 0 spiro atoms. The molecule has 1 fully saturated rings. The summed E-state index contributed by atoms with van der Waals surface area (Å²) < 4.78 is 0. The van der Waals surface area contributed by atoms with Crippen molar-refractivity contribution >= 4 is 29.1 Å². The van der Waals surface area contributed by atoms with E-state index in [-0.39, 0.29) is 16.6 Å². The molecule has 134 valence electrons. The summed E-state index contributed by atoms with van der Waals surface area (Å²) in [5.74, 6) is -0.0117. The topological polar surface area (TPSA) is 53.8 Å². The zero-order valence-corrected chi connectivity index (χ0v) is 16.1. The standard InChI is InChI=1S/C21H23N3OS/c1-21(2,3)17-11-9-16(10-12-17)14-22-24-20-23-19(25)18(26-20)13-15-7-5-4-6-8-15/h4-12,14,18H,13H2,1-3H3,(H,23,24,25)/b22-14+. The number of thioether (sulfide) groups is 1. The minimum Gasteiger partial charge on any atom is -0.303 e. The highest BCUT2D eigenvalue weighted by Gasteiger charge is 2.30. The van der Waals surface area contributed by atoms with Crippen LogP contribution in [0.25, 0.3) is 0 Å². The number of carbonyl (C=O) groups is 1. The van der Waals surface area contributed by atoms with E-state index < -0.39 is 0 Å². The first-order chi connectivity index (χ1) is 12.4. The summed E-state index contributed by atoms with van der Waals surface area (Å²) in [6.45, 7) is 6.57. The Kier molecular flexibility index (Phi) is 5.57. The number of hydrogen-bond acceptors (Lipinski definition) is 4. The SMILES string of the molecule is CC(C)(C)c1ccc(/C=N/N=C2\NC(=O)C(Cc3ccccc3)S2)cc1. The summed E-state index contributed by atoms with van der Waals surface area (Å²) in [7, 11) is 0. The second kappa shape index (κ2) is 7.87. The number of carbonyl (C=O) groups excluding carboxylic acids is 1. The molecule has 2 aromatic rings. The van der Waals surface area contributed by atoms with Crippen LogP contribution in [-0.2, 0) is 16.6 Å². The van der Waals surface area contributed by atoms with Crippen LogP contribution in [0.2, 0.25) is 0 Å². The molecule has 1 aliphatic rings. The summed E-state index contributed by atoms with van der Waals surface area (Å²) in [6, 6.07) is 18.3. The van der Waals surface area contributed by atoms with Crippen LogP contribution in [0.3, 0.4) is 0 Å². The van der Waals surface area contributed by atoms with E-state index in [0.29, 0.717) is 11.6 Å². The second-order valence-corrected chi connectivity index (χ2v) is 8.50. The summed E-state index contributed by atoms with van der Waals surface area (Å²) in [4.78, 5) is 12.1. The zero-order valence-electron chi connectivity index (χ0n) is 15.3. The van der Waals surface area contributed by atoms with Gasteiger partial charge in [-0.25, -0.2) is 0 Å². The maximum atomic E-state index is 12.1. The van der Waals surface area contributed by atoms with Crippen LogP contribution in [0.4, 0.5) is 0 Å². The third-order valence-electron chi connectivity index (χ3n) is 4.17. The van der Waals surface area contributed by atoms with Crippen molar-refractivity contribution in [1.82, 2.24) is 5.32 Å². The van der Waals surface area contributed by atoms with E-state index in [0.717, 1.165) is 11.1 Å². The molecule has 26 heavy (non-hydrogen) atoms. The second-order valence-electron chi connectivity index (χ2n) is 7.31. The van der Waals surface area contributed by atoms with Gasteiger partial charge in [0.05, 0.1) is 11.5 Å². The Morgan fingerprint density at radius 3 is 2.42 bits per heavy atom. The molecule has 0 radical (unpaired) electrons. The van der Waals surface area contributed by atoms with Gasteiger partial charge in [-0.2, -0.15) is 5.10 Å². The molecular formula is C21H23N3OS. The Hall–Kier alpha value is -2.40. The van der Waals surface area contributed by atoms with Crippen LogP contribution in [0.1, 0.15) is 37.5 Å². The lowest BCUT2D eigenvalue weighted by atomic mass is 9.87. The Labute approximate surface area is 158 Å². The highest BCUT2D eigenvalue weighted by molar-refractivity contribution is 8.15. The van der Waals surface area contributed by atoms with Crippen molar-refractivity contribution in [3.05, 3.63) is 71.3 Å². The molecule has 4 nitrogen and oxygen atoms in total. The van der Waals surface area contributed by atoms with Crippen LogP contribution in [0.5, 0.6) is 0 Å². The van der Waals surface area contributed by atoms with E-state index in [1.54, 1.807) is 6.21 Å². The van der Waals surface area contributed by atoms with E-state index in [1.165, 1.54) is 17.3 Å². The lowest BCUT2D eigenvalue weighted by Gasteiger charge is -2.18. The van der Waals surface area contributed by atoms with Gasteiger partial charge in [0.15, 0.2) is 5.17 Å². The normalized spacial score (nSPS) is 19.3. The first-order valence-electron chi connectivity index (χ1n) is 8.65. The predicted molar refractivity (Wildman–Crippen MR) is 110 cm³/mol. The third-order valence-corrected chi connectivity index (χ3v) is 5.24. The van der Waals surface area contributed by atoms with Crippen molar-refractivity contribution in [2.75, 3.05) is 0 Å². The minimum absolute atomic E-state index is 0.0117. The van der Waals surface area contributed by atoms with Crippen molar-refractivity contribution in [2.45, 2.75) is 37.9 Å². The van der Waals surface area contributed by atoms with Gasteiger partial charge in [-0.15, -0.1) is 5.10 Å². The molecule has 0 bridgehead atoms. The first kappa shape index (κ1) is 18.4. The van der Waals surface area contributed by atoms with Gasteiger partial charge in [0, 0.05) is 0 Å². The summed E-state index contributed by atoms with van der Waals surface area (Å²) in [5.41, 5.74) is 3.54. The maximum Gasteiger partial charge on any atom is 0.239 e. The van der Waals surface area contributed by atoms with Gasteiger partial charge in [0.25, 0.3) is 0 Å². The molecule has 1 heterocycles. The molecular weight excluding hydrogens is 342 g/mol. The molecule has 3 rings (SSSR count). The summed E-state index contributed by atoms with van der Waals surface area (Å²) in [5, 5.41) is 11.5. The average molecular weight is 366 g/mol. The fourth-order valence-electron chi connectivity index (χ4n) is 2.63. The molecule has 0 saturated carbocycles. The largest absolute Gasteiger partial charge is 0.303 e.